The third kappa shape index (κ3) is 3.09. The van der Waals surface area contributed by atoms with Crippen molar-refractivity contribution in [3.05, 3.63) is 44.6 Å². The number of hydrogen-bond acceptors (Lipinski definition) is 5. The number of aryl methyl sites for hydroxylation is 1. The fourth-order valence-corrected chi connectivity index (χ4v) is 2.25. The maximum atomic E-state index is 11.8. The molecule has 0 aromatic carbocycles. The van der Waals surface area contributed by atoms with Crippen LogP contribution in [0.2, 0.25) is 0 Å². The van der Waals surface area contributed by atoms with Gasteiger partial charge in [0.15, 0.2) is 0 Å². The van der Waals surface area contributed by atoms with Crippen LogP contribution in [-0.4, -0.2) is 26.5 Å². The lowest BCUT2D eigenvalue weighted by molar-refractivity contribution is -0.116. The summed E-state index contributed by atoms with van der Waals surface area (Å²) in [6.45, 7) is 1.64. The quantitative estimate of drug-likeness (QED) is 0.874. The minimum absolute atomic E-state index is 0.0351. The molecular formula is C12H11N3O4S. The molecule has 2 N–H and O–H groups in total. The van der Waals surface area contributed by atoms with Crippen LogP contribution >= 0.6 is 11.3 Å². The van der Waals surface area contributed by atoms with Gasteiger partial charge in [0.25, 0.3) is 0 Å². The van der Waals surface area contributed by atoms with E-state index in [1.807, 2.05) is 0 Å². The van der Waals surface area contributed by atoms with Crippen LogP contribution in [0.1, 0.15) is 16.1 Å². The Morgan fingerprint density at radius 3 is 2.70 bits per heavy atom. The molecule has 7 nitrogen and oxygen atoms in total. The van der Waals surface area contributed by atoms with Gasteiger partial charge in [-0.15, -0.1) is 0 Å². The molecular weight excluding hydrogens is 282 g/mol. The van der Waals surface area contributed by atoms with Crippen molar-refractivity contribution in [2.45, 2.75) is 13.5 Å². The smallest absolute Gasteiger partial charge is 0.337 e. The van der Waals surface area contributed by atoms with Crippen LogP contribution in [-0.2, 0) is 11.3 Å². The fourth-order valence-electron chi connectivity index (χ4n) is 1.52. The highest BCUT2D eigenvalue weighted by Crippen LogP contribution is 2.06. The van der Waals surface area contributed by atoms with Gasteiger partial charge in [0.2, 0.25) is 5.91 Å². The number of pyridine rings is 1. The van der Waals surface area contributed by atoms with E-state index in [9.17, 15) is 14.4 Å². The first-order valence-corrected chi connectivity index (χ1v) is 6.49. The van der Waals surface area contributed by atoms with E-state index < -0.39 is 11.9 Å². The number of nitrogens with one attached hydrogen (secondary N) is 1. The van der Waals surface area contributed by atoms with Crippen molar-refractivity contribution >= 4 is 29.0 Å². The summed E-state index contributed by atoms with van der Waals surface area (Å²) in [5.41, 5.74) is 0.747. The molecule has 2 aromatic rings. The van der Waals surface area contributed by atoms with Gasteiger partial charge in [0, 0.05) is 17.3 Å². The van der Waals surface area contributed by atoms with Crippen LogP contribution in [0.4, 0.5) is 5.82 Å². The van der Waals surface area contributed by atoms with E-state index in [1.165, 1.54) is 16.7 Å². The molecule has 20 heavy (non-hydrogen) atoms. The average Bonchev–Trinajstić information content (AvgIpc) is 2.71. The number of aromatic nitrogens is 2. The molecule has 0 spiro atoms. The summed E-state index contributed by atoms with van der Waals surface area (Å²) in [7, 11) is 0. The predicted octanol–water partition coefficient (Wildman–Crippen LogP) is 0.950. The molecule has 104 valence electrons. The molecule has 0 bridgehead atoms. The third-order valence-corrected chi connectivity index (χ3v) is 3.44. The van der Waals surface area contributed by atoms with Gasteiger partial charge in [-0.3, -0.25) is 14.2 Å². The van der Waals surface area contributed by atoms with Gasteiger partial charge in [0.05, 0.1) is 5.56 Å². The highest BCUT2D eigenvalue weighted by molar-refractivity contribution is 7.07. The van der Waals surface area contributed by atoms with Crippen molar-refractivity contribution in [1.29, 1.82) is 0 Å². The zero-order valence-corrected chi connectivity index (χ0v) is 11.3. The molecule has 0 radical (unpaired) electrons. The van der Waals surface area contributed by atoms with E-state index in [0.29, 0.717) is 5.69 Å². The van der Waals surface area contributed by atoms with Gasteiger partial charge < -0.3 is 10.4 Å². The Morgan fingerprint density at radius 1 is 1.45 bits per heavy atom. The highest BCUT2D eigenvalue weighted by Gasteiger charge is 2.10. The zero-order valence-electron chi connectivity index (χ0n) is 10.5. The molecule has 0 saturated carbocycles. The number of thiazole rings is 1. The van der Waals surface area contributed by atoms with Gasteiger partial charge in [0.1, 0.15) is 12.4 Å². The zero-order chi connectivity index (χ0) is 14.7. The number of nitrogens with zero attached hydrogens (tertiary/aromatic N) is 2. The van der Waals surface area contributed by atoms with Gasteiger partial charge in [-0.2, -0.15) is 0 Å². The standard InChI is InChI=1S/C12H11N3O4S/c1-7-6-20-12(19)15(7)5-10(16)14-9-3-2-8(4-13-9)11(17)18/h2-4,6H,5H2,1H3,(H,17,18)(H,13,14,16). The molecule has 1 amide bonds. The summed E-state index contributed by atoms with van der Waals surface area (Å²) in [6, 6.07) is 2.73. The first-order chi connectivity index (χ1) is 9.47. The molecule has 0 aliphatic heterocycles. The maximum Gasteiger partial charge on any atom is 0.337 e. The summed E-state index contributed by atoms with van der Waals surface area (Å²) in [4.78, 5) is 37.5. The SMILES string of the molecule is Cc1csc(=O)n1CC(=O)Nc1ccc(C(=O)O)cn1. The van der Waals surface area contributed by atoms with Crippen LogP contribution in [0.3, 0.4) is 0 Å². The summed E-state index contributed by atoms with van der Waals surface area (Å²) >= 11 is 1.03. The lowest BCUT2D eigenvalue weighted by Crippen LogP contribution is -2.25. The number of carbonyl (C=O) groups is 2. The monoisotopic (exact) mass is 293 g/mol. The van der Waals surface area contributed by atoms with Gasteiger partial charge in [-0.25, -0.2) is 9.78 Å². The molecule has 0 saturated heterocycles. The number of anilines is 1. The highest BCUT2D eigenvalue weighted by atomic mass is 32.1. The van der Waals surface area contributed by atoms with Gasteiger partial charge >= 0.3 is 10.8 Å². The van der Waals surface area contributed by atoms with E-state index in [4.69, 9.17) is 5.11 Å². The van der Waals surface area contributed by atoms with Crippen molar-refractivity contribution in [1.82, 2.24) is 9.55 Å². The van der Waals surface area contributed by atoms with Crippen LogP contribution in [0.5, 0.6) is 0 Å². The molecule has 2 heterocycles. The number of carbonyl (C=O) groups excluding carboxylic acids is 1. The van der Waals surface area contributed by atoms with E-state index in [-0.39, 0.29) is 22.8 Å². The van der Waals surface area contributed by atoms with Crippen molar-refractivity contribution in [3.63, 3.8) is 0 Å². The van der Waals surface area contributed by atoms with Crippen molar-refractivity contribution < 1.29 is 14.7 Å². The molecule has 0 unspecified atom stereocenters. The summed E-state index contributed by atoms with van der Waals surface area (Å²) in [5.74, 6) is -1.25. The fraction of sp³-hybridized carbons (Fsp3) is 0.167. The first-order valence-electron chi connectivity index (χ1n) is 5.61. The first kappa shape index (κ1) is 13.9. The Bertz CT molecular complexity index is 702. The molecule has 0 aliphatic rings. The van der Waals surface area contributed by atoms with Crippen LogP contribution in [0.25, 0.3) is 0 Å². The predicted molar refractivity (Wildman–Crippen MR) is 73.1 cm³/mol. The molecule has 0 fully saturated rings. The summed E-state index contributed by atoms with van der Waals surface area (Å²) < 4.78 is 1.35. The summed E-state index contributed by atoms with van der Waals surface area (Å²) in [5, 5.41) is 12.9. The van der Waals surface area contributed by atoms with E-state index in [1.54, 1.807) is 12.3 Å². The molecule has 2 aromatic heterocycles. The topological polar surface area (TPSA) is 101 Å². The van der Waals surface area contributed by atoms with E-state index in [0.717, 1.165) is 17.5 Å². The largest absolute Gasteiger partial charge is 0.478 e. The van der Waals surface area contributed by atoms with E-state index >= 15 is 0 Å². The minimum atomic E-state index is -1.09. The molecule has 0 atom stereocenters. The minimum Gasteiger partial charge on any atom is -0.478 e. The van der Waals surface area contributed by atoms with Gasteiger partial charge in [-0.05, 0) is 19.1 Å². The molecule has 0 aliphatic carbocycles. The number of hydrogen-bond donors (Lipinski definition) is 2. The van der Waals surface area contributed by atoms with Crippen molar-refractivity contribution in [2.75, 3.05) is 5.32 Å². The number of amides is 1. The Kier molecular flexibility index (Phi) is 3.94. The molecule has 8 heteroatoms. The van der Waals surface area contributed by atoms with Crippen molar-refractivity contribution in [3.8, 4) is 0 Å². The second-order valence-electron chi connectivity index (χ2n) is 4.01. The van der Waals surface area contributed by atoms with Crippen LogP contribution < -0.4 is 10.2 Å². The van der Waals surface area contributed by atoms with Crippen LogP contribution in [0.15, 0.2) is 28.5 Å². The second kappa shape index (κ2) is 5.66. The number of rotatable bonds is 4. The summed E-state index contributed by atoms with van der Waals surface area (Å²) in [6.07, 6.45) is 1.15. The van der Waals surface area contributed by atoms with Gasteiger partial charge in [-0.1, -0.05) is 11.3 Å². The number of aromatic carboxylic acids is 1. The third-order valence-electron chi connectivity index (χ3n) is 2.56. The maximum absolute atomic E-state index is 11.8. The van der Waals surface area contributed by atoms with E-state index in [2.05, 4.69) is 10.3 Å². The number of carboxylic acid groups (broad SMARTS) is 1. The Labute approximate surface area is 117 Å². The second-order valence-corrected chi connectivity index (χ2v) is 4.84. The lowest BCUT2D eigenvalue weighted by atomic mass is 10.3. The van der Waals surface area contributed by atoms with Crippen LogP contribution in [0, 0.1) is 6.92 Å². The Morgan fingerprint density at radius 2 is 2.20 bits per heavy atom. The Hall–Kier alpha value is -2.48. The lowest BCUT2D eigenvalue weighted by Gasteiger charge is -2.06. The Balaban J connectivity index is 2.05. The number of carboxylic acids is 1. The average molecular weight is 293 g/mol. The molecule has 2 rings (SSSR count). The van der Waals surface area contributed by atoms with Crippen molar-refractivity contribution in [2.24, 2.45) is 0 Å². The normalized spacial score (nSPS) is 10.2.